The molecule has 0 bridgehead atoms. The average molecular weight is 99.1 g/mol. The molecule has 2 nitrogen and oxygen atoms in total. The summed E-state index contributed by atoms with van der Waals surface area (Å²) in [6.07, 6.45) is 2.24. The molecule has 0 spiro atoms. The minimum atomic E-state index is -1.11. The van der Waals surface area contributed by atoms with Crippen LogP contribution in [0.25, 0.3) is 0 Å². The summed E-state index contributed by atoms with van der Waals surface area (Å²) in [7, 11) is 0. The standard InChI is InChI=1S/C5H9NO/c1-3-5(2,7)4-6/h3-4,6-7H,1H2,2H3. The fourth-order valence-corrected chi connectivity index (χ4v) is 0.0589. The average Bonchev–Trinajstić information content (AvgIpc) is 1.68. The Morgan fingerprint density at radius 1 is 1.86 bits per heavy atom. The summed E-state index contributed by atoms with van der Waals surface area (Å²) in [5.74, 6) is 0. The molecule has 7 heavy (non-hydrogen) atoms. The summed E-state index contributed by atoms with van der Waals surface area (Å²) in [5.41, 5.74) is -1.11. The van der Waals surface area contributed by atoms with Crippen LogP contribution in [0.1, 0.15) is 6.92 Å². The smallest absolute Gasteiger partial charge is 0.114 e. The molecular formula is C5H9NO. The summed E-state index contributed by atoms with van der Waals surface area (Å²) in [6, 6.07) is 0. The van der Waals surface area contributed by atoms with Gasteiger partial charge in [0.25, 0.3) is 0 Å². The van der Waals surface area contributed by atoms with Gasteiger partial charge < -0.3 is 10.5 Å². The van der Waals surface area contributed by atoms with Crippen LogP contribution in [0.15, 0.2) is 12.7 Å². The zero-order valence-corrected chi connectivity index (χ0v) is 4.31. The zero-order valence-electron chi connectivity index (χ0n) is 4.31. The third kappa shape index (κ3) is 2.11. The van der Waals surface area contributed by atoms with Crippen molar-refractivity contribution in [3.05, 3.63) is 12.7 Å². The molecule has 1 unspecified atom stereocenters. The number of hydrogen-bond donors (Lipinski definition) is 2. The van der Waals surface area contributed by atoms with Crippen molar-refractivity contribution in [3.8, 4) is 0 Å². The number of hydrogen-bond acceptors (Lipinski definition) is 2. The Hall–Kier alpha value is -0.630. The molecule has 0 amide bonds. The van der Waals surface area contributed by atoms with Gasteiger partial charge in [-0.05, 0) is 6.92 Å². The molecule has 0 rings (SSSR count). The predicted molar refractivity (Wildman–Crippen MR) is 29.6 cm³/mol. The van der Waals surface area contributed by atoms with Gasteiger partial charge in [0.15, 0.2) is 0 Å². The molecule has 0 aromatic rings. The first-order valence-electron chi connectivity index (χ1n) is 2.00. The lowest BCUT2D eigenvalue weighted by Gasteiger charge is -2.08. The van der Waals surface area contributed by atoms with Gasteiger partial charge in [0, 0.05) is 6.21 Å². The van der Waals surface area contributed by atoms with E-state index >= 15 is 0 Å². The van der Waals surface area contributed by atoms with Gasteiger partial charge in [0.05, 0.1) is 0 Å². The predicted octanol–water partition coefficient (Wildman–Crippen LogP) is 0.573. The van der Waals surface area contributed by atoms with E-state index in [1.54, 1.807) is 0 Å². The first kappa shape index (κ1) is 6.37. The van der Waals surface area contributed by atoms with Crippen molar-refractivity contribution >= 4 is 6.21 Å². The van der Waals surface area contributed by atoms with Gasteiger partial charge in [-0.25, -0.2) is 0 Å². The van der Waals surface area contributed by atoms with Gasteiger partial charge in [-0.1, -0.05) is 12.7 Å². The Bertz CT molecular complexity index is 76.1. The van der Waals surface area contributed by atoms with E-state index in [1.165, 1.54) is 13.0 Å². The molecule has 0 radical (unpaired) electrons. The van der Waals surface area contributed by atoms with Crippen LogP contribution in [0.4, 0.5) is 0 Å². The third-order valence-corrected chi connectivity index (χ3v) is 0.705. The number of rotatable bonds is 2. The minimum Gasteiger partial charge on any atom is -0.380 e. The Morgan fingerprint density at radius 3 is 2.29 bits per heavy atom. The molecular weight excluding hydrogens is 90.1 g/mol. The van der Waals surface area contributed by atoms with E-state index in [4.69, 9.17) is 10.5 Å². The molecule has 0 heterocycles. The van der Waals surface area contributed by atoms with E-state index in [2.05, 4.69) is 6.58 Å². The molecule has 0 saturated carbocycles. The molecule has 40 valence electrons. The van der Waals surface area contributed by atoms with Crippen molar-refractivity contribution in [1.29, 1.82) is 5.41 Å². The van der Waals surface area contributed by atoms with Crippen molar-refractivity contribution in [3.63, 3.8) is 0 Å². The molecule has 0 fully saturated rings. The monoisotopic (exact) mass is 99.1 g/mol. The molecule has 0 aliphatic heterocycles. The fourth-order valence-electron chi connectivity index (χ4n) is 0.0589. The Morgan fingerprint density at radius 2 is 2.29 bits per heavy atom. The summed E-state index contributed by atoms with van der Waals surface area (Å²) in [5, 5.41) is 15.3. The lowest BCUT2D eigenvalue weighted by molar-refractivity contribution is 0.189. The normalized spacial score (nSPS) is 17.4. The van der Waals surface area contributed by atoms with E-state index in [1.807, 2.05) is 0 Å². The largest absolute Gasteiger partial charge is 0.380 e. The highest BCUT2D eigenvalue weighted by Crippen LogP contribution is 1.96. The van der Waals surface area contributed by atoms with Crippen molar-refractivity contribution in [2.75, 3.05) is 0 Å². The zero-order chi connectivity index (χ0) is 5.91. The first-order valence-corrected chi connectivity index (χ1v) is 2.00. The highest BCUT2D eigenvalue weighted by Gasteiger charge is 2.07. The summed E-state index contributed by atoms with van der Waals surface area (Å²) < 4.78 is 0. The molecule has 0 aliphatic rings. The lowest BCUT2D eigenvalue weighted by atomic mass is 10.1. The van der Waals surface area contributed by atoms with Crippen molar-refractivity contribution in [1.82, 2.24) is 0 Å². The van der Waals surface area contributed by atoms with Gasteiger partial charge in [-0.2, -0.15) is 0 Å². The molecule has 0 saturated heterocycles. The van der Waals surface area contributed by atoms with Gasteiger partial charge >= 0.3 is 0 Å². The van der Waals surface area contributed by atoms with Gasteiger partial charge in [0.2, 0.25) is 0 Å². The Balaban J connectivity index is 3.82. The minimum absolute atomic E-state index is 0.931. The summed E-state index contributed by atoms with van der Waals surface area (Å²) in [6.45, 7) is 4.80. The molecule has 0 aliphatic carbocycles. The fraction of sp³-hybridized carbons (Fsp3) is 0.400. The van der Waals surface area contributed by atoms with Crippen LogP contribution in [0, 0.1) is 5.41 Å². The van der Waals surface area contributed by atoms with Crippen LogP contribution < -0.4 is 0 Å². The SMILES string of the molecule is C=CC(C)(O)C=N. The van der Waals surface area contributed by atoms with E-state index in [9.17, 15) is 0 Å². The summed E-state index contributed by atoms with van der Waals surface area (Å²) in [4.78, 5) is 0. The highest BCUT2D eigenvalue weighted by atomic mass is 16.3. The van der Waals surface area contributed by atoms with Crippen LogP contribution >= 0.6 is 0 Å². The van der Waals surface area contributed by atoms with Crippen LogP contribution in [0.3, 0.4) is 0 Å². The van der Waals surface area contributed by atoms with E-state index in [-0.39, 0.29) is 0 Å². The van der Waals surface area contributed by atoms with Gasteiger partial charge in [0.1, 0.15) is 5.60 Å². The molecule has 2 N–H and O–H groups in total. The number of aliphatic hydroxyl groups is 1. The third-order valence-electron chi connectivity index (χ3n) is 0.705. The van der Waals surface area contributed by atoms with Crippen LogP contribution in [0.2, 0.25) is 0 Å². The number of nitrogens with one attached hydrogen (secondary N) is 1. The van der Waals surface area contributed by atoms with Gasteiger partial charge in [-0.15, -0.1) is 0 Å². The maximum atomic E-state index is 8.77. The lowest BCUT2D eigenvalue weighted by Crippen LogP contribution is -2.20. The maximum absolute atomic E-state index is 8.77. The second-order valence-electron chi connectivity index (χ2n) is 1.57. The second kappa shape index (κ2) is 1.89. The molecule has 2 heteroatoms. The Labute approximate surface area is 43.0 Å². The molecule has 0 aromatic heterocycles. The van der Waals surface area contributed by atoms with E-state index < -0.39 is 5.60 Å². The maximum Gasteiger partial charge on any atom is 0.114 e. The molecule has 0 aromatic carbocycles. The van der Waals surface area contributed by atoms with Crippen molar-refractivity contribution in [2.24, 2.45) is 0 Å². The van der Waals surface area contributed by atoms with E-state index in [0.29, 0.717) is 0 Å². The van der Waals surface area contributed by atoms with E-state index in [0.717, 1.165) is 6.21 Å². The van der Waals surface area contributed by atoms with Crippen LogP contribution in [-0.4, -0.2) is 16.9 Å². The highest BCUT2D eigenvalue weighted by molar-refractivity contribution is 5.67. The van der Waals surface area contributed by atoms with Crippen molar-refractivity contribution < 1.29 is 5.11 Å². The Kier molecular flexibility index (Phi) is 1.72. The van der Waals surface area contributed by atoms with Crippen LogP contribution in [0.5, 0.6) is 0 Å². The topological polar surface area (TPSA) is 44.1 Å². The van der Waals surface area contributed by atoms with Crippen molar-refractivity contribution in [2.45, 2.75) is 12.5 Å². The quantitative estimate of drug-likeness (QED) is 0.386. The first-order chi connectivity index (χ1) is 3.12. The van der Waals surface area contributed by atoms with Gasteiger partial charge in [-0.3, -0.25) is 0 Å². The molecule has 1 atom stereocenters. The van der Waals surface area contributed by atoms with Crippen LogP contribution in [-0.2, 0) is 0 Å². The second-order valence-corrected chi connectivity index (χ2v) is 1.57. The summed E-state index contributed by atoms with van der Waals surface area (Å²) >= 11 is 0.